The molecule has 0 spiro atoms. The third-order valence-corrected chi connectivity index (χ3v) is 3.97. The van der Waals surface area contributed by atoms with Crippen LogP contribution in [-0.2, 0) is 10.8 Å². The van der Waals surface area contributed by atoms with Crippen molar-refractivity contribution >= 4 is 26.7 Å². The van der Waals surface area contributed by atoms with Gasteiger partial charge in [0, 0.05) is 21.2 Å². The molecule has 0 aliphatic heterocycles. The van der Waals surface area contributed by atoms with E-state index >= 15 is 0 Å². The highest BCUT2D eigenvalue weighted by molar-refractivity contribution is 9.10. The maximum Gasteiger partial charge on any atom is 0.0504 e. The lowest BCUT2D eigenvalue weighted by Crippen LogP contribution is -1.92. The Labute approximate surface area is 106 Å². The fourth-order valence-corrected chi connectivity index (χ4v) is 3.14. The number of halogens is 1. The number of benzene rings is 2. The second-order valence-corrected chi connectivity index (χ2v) is 5.64. The van der Waals surface area contributed by atoms with E-state index in [1.54, 1.807) is 6.26 Å². The lowest BCUT2D eigenvalue weighted by Gasteiger charge is -2.09. The largest absolute Gasteiger partial charge is 0.255 e. The predicted molar refractivity (Wildman–Crippen MR) is 71.9 cm³/mol. The molecule has 1 unspecified atom stereocenters. The maximum absolute atomic E-state index is 11.7. The highest BCUT2D eigenvalue weighted by Gasteiger charge is 2.10. The first-order chi connectivity index (χ1) is 7.70. The van der Waals surface area contributed by atoms with Crippen LogP contribution in [-0.4, -0.2) is 10.5 Å². The molecular weight excluding hydrogens is 284 g/mol. The van der Waals surface area contributed by atoms with E-state index in [9.17, 15) is 4.21 Å². The summed E-state index contributed by atoms with van der Waals surface area (Å²) in [6.07, 6.45) is 1.70. The Balaban J connectivity index is 2.68. The summed E-state index contributed by atoms with van der Waals surface area (Å²) >= 11 is 3.52. The first-order valence-corrected chi connectivity index (χ1v) is 7.22. The predicted octanol–water partition coefficient (Wildman–Crippen LogP) is 3.85. The first-order valence-electron chi connectivity index (χ1n) is 4.87. The molecular formula is C13H11BrOS. The highest BCUT2D eigenvalue weighted by atomic mass is 79.9. The van der Waals surface area contributed by atoms with E-state index in [0.717, 1.165) is 20.5 Å². The van der Waals surface area contributed by atoms with Gasteiger partial charge < -0.3 is 0 Å². The Kier molecular flexibility index (Phi) is 3.56. The highest BCUT2D eigenvalue weighted by Crippen LogP contribution is 2.32. The third-order valence-electron chi connectivity index (χ3n) is 2.35. The van der Waals surface area contributed by atoms with Crippen LogP contribution < -0.4 is 0 Å². The van der Waals surface area contributed by atoms with Crippen LogP contribution in [0.2, 0.25) is 0 Å². The zero-order valence-electron chi connectivity index (χ0n) is 8.81. The smallest absolute Gasteiger partial charge is 0.0504 e. The monoisotopic (exact) mass is 294 g/mol. The van der Waals surface area contributed by atoms with Crippen molar-refractivity contribution in [1.82, 2.24) is 0 Å². The van der Waals surface area contributed by atoms with Gasteiger partial charge in [-0.25, -0.2) is 0 Å². The fourth-order valence-electron chi connectivity index (χ4n) is 1.63. The van der Waals surface area contributed by atoms with Gasteiger partial charge in [0.25, 0.3) is 0 Å². The number of hydrogen-bond acceptors (Lipinski definition) is 1. The summed E-state index contributed by atoms with van der Waals surface area (Å²) in [5.41, 5.74) is 2.10. The van der Waals surface area contributed by atoms with Gasteiger partial charge in [-0.15, -0.1) is 0 Å². The molecule has 3 heteroatoms. The third kappa shape index (κ3) is 2.25. The molecule has 1 nitrogen and oxygen atoms in total. The molecule has 16 heavy (non-hydrogen) atoms. The van der Waals surface area contributed by atoms with Crippen molar-refractivity contribution in [3.05, 3.63) is 53.0 Å². The quantitative estimate of drug-likeness (QED) is 0.822. The van der Waals surface area contributed by atoms with E-state index < -0.39 is 10.8 Å². The van der Waals surface area contributed by atoms with Gasteiger partial charge in [-0.2, -0.15) is 0 Å². The molecule has 0 saturated carbocycles. The topological polar surface area (TPSA) is 17.1 Å². The summed E-state index contributed by atoms with van der Waals surface area (Å²) in [6.45, 7) is 0. The number of rotatable bonds is 2. The Morgan fingerprint density at radius 3 is 2.31 bits per heavy atom. The van der Waals surface area contributed by atoms with E-state index in [2.05, 4.69) is 15.9 Å². The van der Waals surface area contributed by atoms with E-state index in [0.29, 0.717) is 0 Å². The summed E-state index contributed by atoms with van der Waals surface area (Å²) in [6, 6.07) is 15.8. The first kappa shape index (κ1) is 11.6. The van der Waals surface area contributed by atoms with Crippen LogP contribution in [0.15, 0.2) is 57.9 Å². The maximum atomic E-state index is 11.7. The molecule has 0 amide bonds. The standard InChI is InChI=1S/C13H11BrOS/c1-16(15)12-9-5-8-11(14)13(12)10-6-3-2-4-7-10/h2-9H,1H3. The van der Waals surface area contributed by atoms with Gasteiger partial charge in [0.15, 0.2) is 0 Å². The van der Waals surface area contributed by atoms with Crippen molar-refractivity contribution in [2.24, 2.45) is 0 Å². The van der Waals surface area contributed by atoms with Crippen LogP contribution in [0.4, 0.5) is 0 Å². The molecule has 0 aliphatic carbocycles. The molecule has 82 valence electrons. The minimum absolute atomic E-state index is 0.862. The second-order valence-electron chi connectivity index (χ2n) is 3.43. The van der Waals surface area contributed by atoms with Crippen molar-refractivity contribution in [3.8, 4) is 11.1 Å². The summed E-state index contributed by atoms with van der Waals surface area (Å²) in [4.78, 5) is 0.862. The molecule has 0 aromatic heterocycles. The van der Waals surface area contributed by atoms with Gasteiger partial charge in [-0.3, -0.25) is 4.21 Å². The van der Waals surface area contributed by atoms with Crippen LogP contribution in [0.1, 0.15) is 0 Å². The summed E-state index contributed by atoms with van der Waals surface area (Å²) in [7, 11) is -0.981. The van der Waals surface area contributed by atoms with Gasteiger partial charge in [0.2, 0.25) is 0 Å². The average molecular weight is 295 g/mol. The van der Waals surface area contributed by atoms with Crippen LogP contribution in [0.25, 0.3) is 11.1 Å². The molecule has 0 saturated heterocycles. The van der Waals surface area contributed by atoms with Gasteiger partial charge in [0.1, 0.15) is 0 Å². The number of hydrogen-bond donors (Lipinski definition) is 0. The van der Waals surface area contributed by atoms with Gasteiger partial charge in [-0.1, -0.05) is 52.3 Å². The Bertz CT molecular complexity index is 523. The molecule has 0 radical (unpaired) electrons. The van der Waals surface area contributed by atoms with Crippen LogP contribution in [0, 0.1) is 0 Å². The zero-order chi connectivity index (χ0) is 11.5. The van der Waals surface area contributed by atoms with Crippen LogP contribution >= 0.6 is 15.9 Å². The fraction of sp³-hybridized carbons (Fsp3) is 0.0769. The summed E-state index contributed by atoms with van der Waals surface area (Å²) < 4.78 is 12.7. The van der Waals surface area contributed by atoms with Gasteiger partial charge >= 0.3 is 0 Å². The van der Waals surface area contributed by atoms with Crippen molar-refractivity contribution in [2.75, 3.05) is 6.26 Å². The van der Waals surface area contributed by atoms with E-state index in [1.165, 1.54) is 0 Å². The zero-order valence-corrected chi connectivity index (χ0v) is 11.2. The second kappa shape index (κ2) is 4.93. The van der Waals surface area contributed by atoms with Crippen LogP contribution in [0.3, 0.4) is 0 Å². The van der Waals surface area contributed by atoms with Crippen molar-refractivity contribution in [2.45, 2.75) is 4.90 Å². The Hall–Kier alpha value is -0.930. The molecule has 0 aliphatic rings. The van der Waals surface area contributed by atoms with E-state index in [4.69, 9.17) is 0 Å². The molecule has 0 N–H and O–H groups in total. The lowest BCUT2D eigenvalue weighted by molar-refractivity contribution is 0.687. The summed E-state index contributed by atoms with van der Waals surface area (Å²) in [5.74, 6) is 0. The normalized spacial score (nSPS) is 12.4. The molecule has 2 rings (SSSR count). The molecule has 0 heterocycles. The average Bonchev–Trinajstić information content (AvgIpc) is 2.29. The van der Waals surface area contributed by atoms with Crippen molar-refractivity contribution < 1.29 is 4.21 Å². The van der Waals surface area contributed by atoms with E-state index in [1.807, 2.05) is 48.5 Å². The molecule has 0 fully saturated rings. The summed E-state index contributed by atoms with van der Waals surface area (Å²) in [5, 5.41) is 0. The molecule has 2 aromatic rings. The lowest BCUT2D eigenvalue weighted by atomic mass is 10.1. The SMILES string of the molecule is CS(=O)c1cccc(Br)c1-c1ccccc1. The van der Waals surface area contributed by atoms with Crippen molar-refractivity contribution in [1.29, 1.82) is 0 Å². The Morgan fingerprint density at radius 2 is 1.69 bits per heavy atom. The minimum Gasteiger partial charge on any atom is -0.255 e. The molecule has 1 atom stereocenters. The van der Waals surface area contributed by atoms with Gasteiger partial charge in [-0.05, 0) is 17.7 Å². The molecule has 0 bridgehead atoms. The molecule has 2 aromatic carbocycles. The van der Waals surface area contributed by atoms with Crippen molar-refractivity contribution in [3.63, 3.8) is 0 Å². The van der Waals surface area contributed by atoms with Crippen LogP contribution in [0.5, 0.6) is 0 Å². The minimum atomic E-state index is -0.981. The van der Waals surface area contributed by atoms with E-state index in [-0.39, 0.29) is 0 Å². The Morgan fingerprint density at radius 1 is 1.00 bits per heavy atom. The van der Waals surface area contributed by atoms with Gasteiger partial charge in [0.05, 0.1) is 10.8 Å².